The molecule has 0 saturated heterocycles. The van der Waals surface area contributed by atoms with Crippen LogP contribution in [-0.4, -0.2) is 15.0 Å². The fraction of sp³-hybridized carbons (Fsp3) is 0.0667. The third kappa shape index (κ3) is 3.29. The van der Waals surface area contributed by atoms with Crippen molar-refractivity contribution in [1.82, 2.24) is 15.0 Å². The molecule has 3 nitrogen and oxygen atoms in total. The van der Waals surface area contributed by atoms with Gasteiger partial charge in [0.1, 0.15) is 5.69 Å². The minimum absolute atomic E-state index is 0.757. The molecule has 3 aromatic rings. The molecule has 0 aliphatic heterocycles. The lowest BCUT2D eigenvalue weighted by atomic mass is 10.2. The maximum atomic E-state index is 4.21. The fourth-order valence-electron chi connectivity index (χ4n) is 1.77. The molecule has 0 saturated carbocycles. The maximum absolute atomic E-state index is 4.21. The van der Waals surface area contributed by atoms with E-state index in [-0.39, 0.29) is 0 Å². The van der Waals surface area contributed by atoms with Gasteiger partial charge in [0.05, 0.1) is 12.1 Å². The summed E-state index contributed by atoms with van der Waals surface area (Å²) in [7, 11) is 0. The van der Waals surface area contributed by atoms with Crippen LogP contribution in [0.15, 0.2) is 70.2 Å². The summed E-state index contributed by atoms with van der Waals surface area (Å²) in [5.74, 6) is 0.757. The standard InChI is InChI=1S/C15H12BrN3S/c16-13-8-6-12(7-9-13)15-10-19(18-17-15)11-20-14-4-2-1-3-5-14/h1-10H,11H2. The lowest BCUT2D eigenvalue weighted by molar-refractivity contribution is 0.701. The Morgan fingerprint density at radius 3 is 2.50 bits per heavy atom. The molecule has 1 aromatic heterocycles. The van der Waals surface area contributed by atoms with Crippen LogP contribution >= 0.6 is 27.7 Å². The summed E-state index contributed by atoms with van der Waals surface area (Å²) in [5.41, 5.74) is 1.97. The van der Waals surface area contributed by atoms with Gasteiger partial charge in [-0.15, -0.1) is 16.9 Å². The molecule has 0 bridgehead atoms. The van der Waals surface area contributed by atoms with Gasteiger partial charge in [0, 0.05) is 14.9 Å². The first-order valence-corrected chi connectivity index (χ1v) is 7.93. The van der Waals surface area contributed by atoms with Crippen molar-refractivity contribution in [2.75, 3.05) is 0 Å². The zero-order valence-electron chi connectivity index (χ0n) is 10.6. The lowest BCUT2D eigenvalue weighted by Crippen LogP contribution is -1.94. The van der Waals surface area contributed by atoms with E-state index >= 15 is 0 Å². The van der Waals surface area contributed by atoms with Crippen molar-refractivity contribution in [1.29, 1.82) is 0 Å². The Morgan fingerprint density at radius 1 is 1.00 bits per heavy atom. The Kier molecular flexibility index (Phi) is 4.18. The van der Waals surface area contributed by atoms with Crippen molar-refractivity contribution < 1.29 is 0 Å². The third-order valence-corrected chi connectivity index (χ3v) is 4.31. The SMILES string of the molecule is Brc1ccc(-c2cn(CSc3ccccc3)nn2)cc1. The van der Waals surface area contributed by atoms with Gasteiger partial charge in [-0.05, 0) is 24.3 Å². The second kappa shape index (κ2) is 6.24. The van der Waals surface area contributed by atoms with E-state index in [1.807, 2.05) is 53.3 Å². The molecule has 0 fully saturated rings. The van der Waals surface area contributed by atoms with E-state index in [2.05, 4.69) is 38.4 Å². The van der Waals surface area contributed by atoms with E-state index < -0.39 is 0 Å². The molecule has 1 heterocycles. The van der Waals surface area contributed by atoms with Gasteiger partial charge in [-0.25, -0.2) is 4.68 Å². The first kappa shape index (κ1) is 13.4. The molecule has 0 atom stereocenters. The molecule has 0 amide bonds. The van der Waals surface area contributed by atoms with Gasteiger partial charge < -0.3 is 0 Å². The molecule has 2 aromatic carbocycles. The van der Waals surface area contributed by atoms with Crippen LogP contribution in [0.2, 0.25) is 0 Å². The topological polar surface area (TPSA) is 30.7 Å². The average Bonchev–Trinajstić information content (AvgIpc) is 2.96. The largest absolute Gasteiger partial charge is 0.242 e. The number of aromatic nitrogens is 3. The normalized spacial score (nSPS) is 10.7. The van der Waals surface area contributed by atoms with Gasteiger partial charge in [-0.2, -0.15) is 0 Å². The Hall–Kier alpha value is -1.59. The van der Waals surface area contributed by atoms with E-state index in [1.165, 1.54) is 4.90 Å². The summed E-state index contributed by atoms with van der Waals surface area (Å²) in [4.78, 5) is 1.23. The highest BCUT2D eigenvalue weighted by atomic mass is 79.9. The van der Waals surface area contributed by atoms with Gasteiger partial charge in [0.25, 0.3) is 0 Å². The summed E-state index contributed by atoms with van der Waals surface area (Å²) in [5, 5.41) is 8.38. The monoisotopic (exact) mass is 345 g/mol. The second-order valence-electron chi connectivity index (χ2n) is 4.24. The summed E-state index contributed by atoms with van der Waals surface area (Å²) < 4.78 is 2.92. The van der Waals surface area contributed by atoms with Crippen molar-refractivity contribution in [3.8, 4) is 11.3 Å². The molecule has 0 N–H and O–H groups in total. The highest BCUT2D eigenvalue weighted by Gasteiger charge is 2.04. The first-order chi connectivity index (χ1) is 9.81. The quantitative estimate of drug-likeness (QED) is 0.654. The van der Waals surface area contributed by atoms with Gasteiger partial charge in [-0.3, -0.25) is 0 Å². The molecule has 0 unspecified atom stereocenters. The molecule has 3 rings (SSSR count). The van der Waals surface area contributed by atoms with Crippen molar-refractivity contribution in [2.24, 2.45) is 0 Å². The first-order valence-electron chi connectivity index (χ1n) is 6.15. The number of thioether (sulfide) groups is 1. The number of rotatable bonds is 4. The Bertz CT molecular complexity index is 680. The molecular weight excluding hydrogens is 334 g/mol. The van der Waals surface area contributed by atoms with Crippen molar-refractivity contribution in [3.63, 3.8) is 0 Å². The van der Waals surface area contributed by atoms with E-state index in [9.17, 15) is 0 Å². The van der Waals surface area contributed by atoms with E-state index in [0.29, 0.717) is 0 Å². The zero-order chi connectivity index (χ0) is 13.8. The van der Waals surface area contributed by atoms with Gasteiger partial charge in [0.2, 0.25) is 0 Å². The number of benzene rings is 2. The van der Waals surface area contributed by atoms with Crippen LogP contribution in [0.3, 0.4) is 0 Å². The molecule has 0 aliphatic carbocycles. The molecule has 0 spiro atoms. The number of hydrogen-bond acceptors (Lipinski definition) is 3. The van der Waals surface area contributed by atoms with Gasteiger partial charge >= 0.3 is 0 Å². The molecule has 100 valence electrons. The Balaban J connectivity index is 1.69. The molecule has 5 heteroatoms. The molecule has 0 radical (unpaired) electrons. The van der Waals surface area contributed by atoms with Crippen LogP contribution in [-0.2, 0) is 5.88 Å². The Labute approximate surface area is 130 Å². The number of hydrogen-bond donors (Lipinski definition) is 0. The van der Waals surface area contributed by atoms with Gasteiger partial charge in [-0.1, -0.05) is 51.5 Å². The van der Waals surface area contributed by atoms with E-state index in [0.717, 1.165) is 21.6 Å². The average molecular weight is 346 g/mol. The summed E-state index contributed by atoms with van der Waals surface area (Å²) in [6, 6.07) is 18.4. The summed E-state index contributed by atoms with van der Waals surface area (Å²) in [6.45, 7) is 0. The Morgan fingerprint density at radius 2 is 1.75 bits per heavy atom. The second-order valence-corrected chi connectivity index (χ2v) is 6.17. The molecule has 20 heavy (non-hydrogen) atoms. The summed E-state index contributed by atoms with van der Waals surface area (Å²) in [6.07, 6.45) is 1.97. The predicted octanol–water partition coefficient (Wildman–Crippen LogP) is 4.46. The number of nitrogens with zero attached hydrogens (tertiary/aromatic N) is 3. The summed E-state index contributed by atoms with van der Waals surface area (Å²) >= 11 is 5.17. The third-order valence-electron chi connectivity index (χ3n) is 2.79. The van der Waals surface area contributed by atoms with E-state index in [1.54, 1.807) is 11.8 Å². The van der Waals surface area contributed by atoms with E-state index in [4.69, 9.17) is 0 Å². The van der Waals surface area contributed by atoms with Crippen molar-refractivity contribution in [2.45, 2.75) is 10.8 Å². The minimum atomic E-state index is 0.757. The maximum Gasteiger partial charge on any atom is 0.113 e. The van der Waals surface area contributed by atoms with Crippen LogP contribution in [0, 0.1) is 0 Å². The zero-order valence-corrected chi connectivity index (χ0v) is 13.0. The molecular formula is C15H12BrN3S. The highest BCUT2D eigenvalue weighted by molar-refractivity contribution is 9.10. The van der Waals surface area contributed by atoms with Crippen LogP contribution in [0.4, 0.5) is 0 Å². The van der Waals surface area contributed by atoms with Crippen molar-refractivity contribution >= 4 is 27.7 Å². The lowest BCUT2D eigenvalue weighted by Gasteiger charge is -2.00. The van der Waals surface area contributed by atoms with Gasteiger partial charge in [0.15, 0.2) is 0 Å². The smallest absolute Gasteiger partial charge is 0.113 e. The van der Waals surface area contributed by atoms with Crippen LogP contribution in [0.5, 0.6) is 0 Å². The predicted molar refractivity (Wildman–Crippen MR) is 85.5 cm³/mol. The van der Waals surface area contributed by atoms with Crippen LogP contribution in [0.1, 0.15) is 0 Å². The molecule has 0 aliphatic rings. The number of halogens is 1. The minimum Gasteiger partial charge on any atom is -0.242 e. The highest BCUT2D eigenvalue weighted by Crippen LogP contribution is 2.22. The van der Waals surface area contributed by atoms with Crippen molar-refractivity contribution in [3.05, 3.63) is 65.3 Å². The van der Waals surface area contributed by atoms with Crippen LogP contribution < -0.4 is 0 Å². The van der Waals surface area contributed by atoms with Crippen LogP contribution in [0.25, 0.3) is 11.3 Å². The fourth-order valence-corrected chi connectivity index (χ4v) is 2.79.